The summed E-state index contributed by atoms with van der Waals surface area (Å²) in [6.45, 7) is 8.81. The maximum Gasteiger partial charge on any atom is 0.124 e. The monoisotopic (exact) mass is 261 g/mol. The number of nitrogens with one attached hydrogen (secondary N) is 1. The molecule has 106 valence electrons. The molecule has 0 amide bonds. The van der Waals surface area contributed by atoms with Crippen LogP contribution in [0.1, 0.15) is 49.8 Å². The minimum Gasteiger partial charge on any atom is -0.493 e. The molecule has 2 heteroatoms. The molecule has 0 spiro atoms. The molecule has 1 rings (SSSR count). The summed E-state index contributed by atoms with van der Waals surface area (Å²) in [6.07, 6.45) is 6.60. The standard InChI is InChI=1S/C17H27NO/c1-5-6-7-8-9-12-19-17-11-10-14(2)13-16(17)15(3)18-4/h5,10-11,13,15,18H,1,6-9,12H2,2-4H3. The zero-order valence-corrected chi connectivity index (χ0v) is 12.5. The van der Waals surface area contributed by atoms with Crippen molar-refractivity contribution in [3.05, 3.63) is 42.0 Å². The number of unbranched alkanes of at least 4 members (excludes halogenated alkanes) is 3. The number of benzene rings is 1. The third-order valence-corrected chi connectivity index (χ3v) is 3.37. The molecular formula is C17H27NO. The van der Waals surface area contributed by atoms with E-state index in [2.05, 4.69) is 43.9 Å². The van der Waals surface area contributed by atoms with Crippen molar-refractivity contribution in [2.45, 2.75) is 45.6 Å². The van der Waals surface area contributed by atoms with E-state index in [-0.39, 0.29) is 0 Å². The predicted octanol–water partition coefficient (Wildman–Crippen LogP) is 4.40. The van der Waals surface area contributed by atoms with Crippen molar-refractivity contribution in [3.8, 4) is 5.75 Å². The number of rotatable bonds is 9. The van der Waals surface area contributed by atoms with Crippen LogP contribution in [0, 0.1) is 6.92 Å². The van der Waals surface area contributed by atoms with Crippen molar-refractivity contribution < 1.29 is 4.74 Å². The lowest BCUT2D eigenvalue weighted by molar-refractivity contribution is 0.300. The van der Waals surface area contributed by atoms with Crippen LogP contribution < -0.4 is 10.1 Å². The van der Waals surface area contributed by atoms with Crippen LogP contribution in [0.4, 0.5) is 0 Å². The van der Waals surface area contributed by atoms with Crippen molar-refractivity contribution in [1.82, 2.24) is 5.32 Å². The Balaban J connectivity index is 2.50. The van der Waals surface area contributed by atoms with Crippen LogP contribution in [0.2, 0.25) is 0 Å². The Labute approximate surface area is 117 Å². The fourth-order valence-corrected chi connectivity index (χ4v) is 2.04. The van der Waals surface area contributed by atoms with Gasteiger partial charge in [0.15, 0.2) is 0 Å². The normalized spacial score (nSPS) is 12.2. The molecule has 1 aromatic carbocycles. The minimum atomic E-state index is 0.315. The van der Waals surface area contributed by atoms with Crippen LogP contribution in [0.3, 0.4) is 0 Å². The van der Waals surface area contributed by atoms with E-state index in [1.807, 2.05) is 13.1 Å². The van der Waals surface area contributed by atoms with Gasteiger partial charge in [-0.2, -0.15) is 0 Å². The van der Waals surface area contributed by atoms with Gasteiger partial charge < -0.3 is 10.1 Å². The van der Waals surface area contributed by atoms with Gasteiger partial charge in [0.1, 0.15) is 5.75 Å². The molecule has 0 aliphatic rings. The summed E-state index contributed by atoms with van der Waals surface area (Å²) in [4.78, 5) is 0. The second-order valence-corrected chi connectivity index (χ2v) is 5.04. The third-order valence-electron chi connectivity index (χ3n) is 3.37. The molecule has 0 saturated heterocycles. The van der Waals surface area contributed by atoms with Crippen molar-refractivity contribution in [1.29, 1.82) is 0 Å². The average Bonchev–Trinajstić information content (AvgIpc) is 2.43. The van der Waals surface area contributed by atoms with Gasteiger partial charge in [-0.05, 0) is 52.6 Å². The van der Waals surface area contributed by atoms with Crippen LogP contribution in [0.5, 0.6) is 5.75 Å². The molecule has 1 atom stereocenters. The Bertz CT molecular complexity index is 387. The van der Waals surface area contributed by atoms with Crippen molar-refractivity contribution in [3.63, 3.8) is 0 Å². The average molecular weight is 261 g/mol. The van der Waals surface area contributed by atoms with Crippen LogP contribution in [-0.2, 0) is 0 Å². The zero-order valence-electron chi connectivity index (χ0n) is 12.5. The van der Waals surface area contributed by atoms with Gasteiger partial charge in [0, 0.05) is 11.6 Å². The lowest BCUT2D eigenvalue weighted by Crippen LogP contribution is -2.14. The largest absolute Gasteiger partial charge is 0.493 e. The molecule has 0 bridgehead atoms. The highest BCUT2D eigenvalue weighted by Crippen LogP contribution is 2.26. The molecular weight excluding hydrogens is 234 g/mol. The molecule has 19 heavy (non-hydrogen) atoms. The maximum absolute atomic E-state index is 5.93. The number of ether oxygens (including phenoxy) is 1. The van der Waals surface area contributed by atoms with Gasteiger partial charge in [-0.1, -0.05) is 23.8 Å². The molecule has 0 fully saturated rings. The second kappa shape index (κ2) is 8.76. The summed E-state index contributed by atoms with van der Waals surface area (Å²) in [6, 6.07) is 6.71. The molecule has 1 N–H and O–H groups in total. The van der Waals surface area contributed by atoms with Gasteiger partial charge in [-0.15, -0.1) is 6.58 Å². The van der Waals surface area contributed by atoms with Crippen molar-refractivity contribution >= 4 is 0 Å². The molecule has 1 unspecified atom stereocenters. The Hall–Kier alpha value is -1.28. The highest BCUT2D eigenvalue weighted by molar-refractivity contribution is 5.38. The fourth-order valence-electron chi connectivity index (χ4n) is 2.04. The minimum absolute atomic E-state index is 0.315. The van der Waals surface area contributed by atoms with Crippen LogP contribution in [0.15, 0.2) is 30.9 Å². The Morgan fingerprint density at radius 2 is 2.11 bits per heavy atom. The first-order valence-corrected chi connectivity index (χ1v) is 7.20. The highest BCUT2D eigenvalue weighted by atomic mass is 16.5. The molecule has 0 radical (unpaired) electrons. The topological polar surface area (TPSA) is 21.3 Å². The summed E-state index contributed by atoms with van der Waals surface area (Å²) in [5.74, 6) is 1.01. The smallest absolute Gasteiger partial charge is 0.124 e. The third kappa shape index (κ3) is 5.48. The Morgan fingerprint density at radius 1 is 1.32 bits per heavy atom. The van der Waals surface area contributed by atoms with E-state index >= 15 is 0 Å². The van der Waals surface area contributed by atoms with E-state index in [9.17, 15) is 0 Å². The van der Waals surface area contributed by atoms with Gasteiger partial charge in [0.25, 0.3) is 0 Å². The van der Waals surface area contributed by atoms with Gasteiger partial charge in [0.05, 0.1) is 6.61 Å². The van der Waals surface area contributed by atoms with Crippen LogP contribution in [-0.4, -0.2) is 13.7 Å². The maximum atomic E-state index is 5.93. The highest BCUT2D eigenvalue weighted by Gasteiger charge is 2.10. The SMILES string of the molecule is C=CCCCCCOc1ccc(C)cc1C(C)NC. The first-order valence-electron chi connectivity index (χ1n) is 7.20. The van der Waals surface area contributed by atoms with E-state index < -0.39 is 0 Å². The van der Waals surface area contributed by atoms with Gasteiger partial charge in [-0.25, -0.2) is 0 Å². The van der Waals surface area contributed by atoms with E-state index in [0.29, 0.717) is 6.04 Å². The molecule has 2 nitrogen and oxygen atoms in total. The Kier molecular flexibility index (Phi) is 7.27. The van der Waals surface area contributed by atoms with E-state index in [4.69, 9.17) is 4.74 Å². The summed E-state index contributed by atoms with van der Waals surface area (Å²) in [7, 11) is 1.98. The lowest BCUT2D eigenvalue weighted by Gasteiger charge is -2.17. The lowest BCUT2D eigenvalue weighted by atomic mass is 10.0. The molecule has 0 aromatic heterocycles. The van der Waals surface area contributed by atoms with E-state index in [1.54, 1.807) is 0 Å². The summed E-state index contributed by atoms with van der Waals surface area (Å²) < 4.78 is 5.93. The summed E-state index contributed by atoms with van der Waals surface area (Å²) in [5.41, 5.74) is 2.52. The quantitative estimate of drug-likeness (QED) is 0.525. The second-order valence-electron chi connectivity index (χ2n) is 5.04. The van der Waals surface area contributed by atoms with E-state index in [0.717, 1.165) is 25.2 Å². The predicted molar refractivity (Wildman–Crippen MR) is 82.8 cm³/mol. The van der Waals surface area contributed by atoms with Crippen LogP contribution in [0.25, 0.3) is 0 Å². The summed E-state index contributed by atoms with van der Waals surface area (Å²) >= 11 is 0. The molecule has 0 heterocycles. The van der Waals surface area contributed by atoms with Gasteiger partial charge >= 0.3 is 0 Å². The fraction of sp³-hybridized carbons (Fsp3) is 0.529. The first-order chi connectivity index (χ1) is 9.19. The van der Waals surface area contributed by atoms with Gasteiger partial charge in [-0.3, -0.25) is 0 Å². The van der Waals surface area contributed by atoms with Crippen molar-refractivity contribution in [2.75, 3.05) is 13.7 Å². The van der Waals surface area contributed by atoms with Gasteiger partial charge in [0.2, 0.25) is 0 Å². The first kappa shape index (κ1) is 15.8. The molecule has 1 aromatic rings. The zero-order chi connectivity index (χ0) is 14.1. The molecule has 0 saturated carbocycles. The number of allylic oxidation sites excluding steroid dienone is 1. The number of aryl methyl sites for hydroxylation is 1. The molecule has 0 aliphatic heterocycles. The Morgan fingerprint density at radius 3 is 2.79 bits per heavy atom. The van der Waals surface area contributed by atoms with Crippen molar-refractivity contribution in [2.24, 2.45) is 0 Å². The van der Waals surface area contributed by atoms with Crippen LogP contribution >= 0.6 is 0 Å². The summed E-state index contributed by atoms with van der Waals surface area (Å²) in [5, 5.41) is 3.28. The number of hydrogen-bond acceptors (Lipinski definition) is 2. The number of hydrogen-bond donors (Lipinski definition) is 1. The van der Waals surface area contributed by atoms with E-state index in [1.165, 1.54) is 24.0 Å². The molecule has 0 aliphatic carbocycles.